The highest BCUT2D eigenvalue weighted by atomic mass is 19.1. The number of hydrogen-bond acceptors (Lipinski definition) is 6. The van der Waals surface area contributed by atoms with Gasteiger partial charge in [0.25, 0.3) is 0 Å². The molecule has 7 nitrogen and oxygen atoms in total. The van der Waals surface area contributed by atoms with Gasteiger partial charge in [-0.15, -0.1) is 0 Å². The van der Waals surface area contributed by atoms with Crippen molar-refractivity contribution in [3.8, 4) is 22.9 Å². The number of rotatable bonds is 6. The van der Waals surface area contributed by atoms with E-state index in [1.54, 1.807) is 36.8 Å². The molecule has 3 aromatic rings. The lowest BCUT2D eigenvalue weighted by Gasteiger charge is -2.27. The van der Waals surface area contributed by atoms with Crippen molar-refractivity contribution in [1.82, 2.24) is 15.3 Å². The van der Waals surface area contributed by atoms with Gasteiger partial charge in [-0.25, -0.2) is 9.37 Å². The summed E-state index contributed by atoms with van der Waals surface area (Å²) in [6, 6.07) is 14.8. The Kier molecular flexibility index (Phi) is 6.19. The highest BCUT2D eigenvalue weighted by Gasteiger charge is 2.44. The first-order valence-corrected chi connectivity index (χ1v) is 11.3. The summed E-state index contributed by atoms with van der Waals surface area (Å²) >= 11 is 0. The van der Waals surface area contributed by atoms with Gasteiger partial charge in [0.2, 0.25) is 5.91 Å². The van der Waals surface area contributed by atoms with Crippen molar-refractivity contribution >= 4 is 11.7 Å². The summed E-state index contributed by atoms with van der Waals surface area (Å²) in [5.74, 6) is 0.853. The molecule has 0 bridgehead atoms. The van der Waals surface area contributed by atoms with Gasteiger partial charge in [0.15, 0.2) is 0 Å². The molecule has 4 atom stereocenters. The van der Waals surface area contributed by atoms with Crippen LogP contribution in [-0.4, -0.2) is 41.2 Å². The Morgan fingerprint density at radius 3 is 2.88 bits per heavy atom. The number of carbonyl (C=O) groups excluding carboxylic acids is 1. The van der Waals surface area contributed by atoms with Crippen LogP contribution in [0.3, 0.4) is 0 Å². The van der Waals surface area contributed by atoms with E-state index in [-0.39, 0.29) is 24.3 Å². The third-order valence-electron chi connectivity index (χ3n) is 6.31. The van der Waals surface area contributed by atoms with Crippen LogP contribution in [0.15, 0.2) is 61.1 Å². The molecule has 1 aliphatic heterocycles. The van der Waals surface area contributed by atoms with Crippen molar-refractivity contribution in [2.75, 3.05) is 18.4 Å². The van der Waals surface area contributed by atoms with E-state index < -0.39 is 12.3 Å². The monoisotopic (exact) mass is 457 g/mol. The van der Waals surface area contributed by atoms with Crippen molar-refractivity contribution in [2.45, 2.75) is 31.0 Å². The number of anilines is 1. The molecule has 1 amide bonds. The summed E-state index contributed by atoms with van der Waals surface area (Å²) in [5, 5.41) is 15.5. The minimum Gasteiger partial charge on any atom is -0.486 e. The Morgan fingerprint density at radius 2 is 2.09 bits per heavy atom. The number of ether oxygens (including phenoxy) is 1. The number of benzene rings is 1. The molecule has 34 heavy (non-hydrogen) atoms. The van der Waals surface area contributed by atoms with Crippen molar-refractivity contribution in [3.05, 3.63) is 72.2 Å². The zero-order valence-electron chi connectivity index (χ0n) is 18.4. The second-order valence-electron chi connectivity index (χ2n) is 8.64. The van der Waals surface area contributed by atoms with E-state index in [4.69, 9.17) is 4.74 Å². The van der Waals surface area contributed by atoms with E-state index in [1.807, 2.05) is 24.3 Å². The molecule has 2 N–H and O–H groups in total. The molecule has 0 radical (unpaired) electrons. The number of carbonyl (C=O) groups is 1. The second kappa shape index (κ2) is 9.57. The normalized spacial score (nSPS) is 23.5. The predicted octanol–water partition coefficient (Wildman–Crippen LogP) is 3.84. The molecular formula is C26H24FN5O2. The highest BCUT2D eigenvalue weighted by molar-refractivity contribution is 5.95. The van der Waals surface area contributed by atoms with Crippen LogP contribution in [0.25, 0.3) is 11.1 Å². The first-order valence-electron chi connectivity index (χ1n) is 11.3. The van der Waals surface area contributed by atoms with Crippen LogP contribution in [0, 0.1) is 17.2 Å². The molecule has 2 aromatic heterocycles. The summed E-state index contributed by atoms with van der Waals surface area (Å²) in [7, 11) is 0. The third-order valence-corrected chi connectivity index (χ3v) is 6.31. The van der Waals surface area contributed by atoms with Crippen LogP contribution in [0.5, 0.6) is 5.75 Å². The minimum atomic E-state index is -1.12. The molecule has 2 aliphatic rings. The second-order valence-corrected chi connectivity index (χ2v) is 8.64. The van der Waals surface area contributed by atoms with E-state index in [1.165, 1.54) is 0 Å². The first kappa shape index (κ1) is 22.0. The number of aromatic nitrogens is 2. The summed E-state index contributed by atoms with van der Waals surface area (Å²) < 4.78 is 20.0. The van der Waals surface area contributed by atoms with Gasteiger partial charge in [0.05, 0.1) is 5.56 Å². The molecular weight excluding hydrogens is 433 g/mol. The lowest BCUT2D eigenvalue weighted by molar-refractivity contribution is -0.117. The van der Waals surface area contributed by atoms with Gasteiger partial charge in [0.1, 0.15) is 29.9 Å². The molecule has 5 rings (SSSR count). The van der Waals surface area contributed by atoms with Crippen molar-refractivity contribution in [3.63, 3.8) is 0 Å². The van der Waals surface area contributed by atoms with Crippen molar-refractivity contribution < 1.29 is 13.9 Å². The summed E-state index contributed by atoms with van der Waals surface area (Å²) in [5.41, 5.74) is 2.99. The number of alkyl halides is 1. The molecule has 1 saturated carbocycles. The molecule has 2 unspecified atom stereocenters. The quantitative estimate of drug-likeness (QED) is 0.584. The first-order chi connectivity index (χ1) is 16.6. The summed E-state index contributed by atoms with van der Waals surface area (Å²) in [6.07, 6.45) is 4.80. The Morgan fingerprint density at radius 1 is 1.21 bits per heavy atom. The van der Waals surface area contributed by atoms with Crippen LogP contribution >= 0.6 is 0 Å². The van der Waals surface area contributed by atoms with Crippen molar-refractivity contribution in [1.29, 1.82) is 5.26 Å². The largest absolute Gasteiger partial charge is 0.486 e. The van der Waals surface area contributed by atoms with Crippen LogP contribution in [0.2, 0.25) is 0 Å². The van der Waals surface area contributed by atoms with E-state index in [9.17, 15) is 14.4 Å². The Bertz CT molecular complexity index is 1230. The summed E-state index contributed by atoms with van der Waals surface area (Å²) in [4.78, 5) is 21.1. The van der Waals surface area contributed by atoms with Crippen molar-refractivity contribution in [2.24, 2.45) is 5.92 Å². The molecule has 2 fully saturated rings. The maximum atomic E-state index is 14.1. The fourth-order valence-corrected chi connectivity index (χ4v) is 4.34. The molecule has 1 aliphatic carbocycles. The third kappa shape index (κ3) is 4.75. The highest BCUT2D eigenvalue weighted by Crippen LogP contribution is 2.47. The number of hydrogen-bond donors (Lipinski definition) is 2. The predicted molar refractivity (Wildman–Crippen MR) is 125 cm³/mol. The fraction of sp³-hybridized carbons (Fsp3) is 0.308. The number of nitrogens with one attached hydrogen (secondary N) is 2. The van der Waals surface area contributed by atoms with Crippen LogP contribution in [0.4, 0.5) is 10.2 Å². The van der Waals surface area contributed by atoms with E-state index in [0.29, 0.717) is 30.1 Å². The van der Waals surface area contributed by atoms with Crippen LogP contribution < -0.4 is 15.4 Å². The Labute approximate surface area is 197 Å². The number of piperidine rings is 1. The van der Waals surface area contributed by atoms with Gasteiger partial charge in [0, 0.05) is 31.1 Å². The average Bonchev–Trinajstić information content (AvgIpc) is 3.68. The van der Waals surface area contributed by atoms with Crippen LogP contribution in [-0.2, 0) is 4.79 Å². The topological polar surface area (TPSA) is 99.9 Å². The Balaban J connectivity index is 1.28. The zero-order valence-corrected chi connectivity index (χ0v) is 18.4. The number of amides is 1. The van der Waals surface area contributed by atoms with Gasteiger partial charge < -0.3 is 15.4 Å². The average molecular weight is 458 g/mol. The molecule has 1 aromatic carbocycles. The molecule has 172 valence electrons. The number of halogens is 1. The van der Waals surface area contributed by atoms with Crippen LogP contribution in [0.1, 0.15) is 29.9 Å². The Hall–Kier alpha value is -3.83. The van der Waals surface area contributed by atoms with Gasteiger partial charge in [-0.3, -0.25) is 9.78 Å². The van der Waals surface area contributed by atoms with Gasteiger partial charge in [-0.05, 0) is 72.3 Å². The maximum Gasteiger partial charge on any atom is 0.229 e. The lowest BCUT2D eigenvalue weighted by Crippen LogP contribution is -2.44. The van der Waals surface area contributed by atoms with E-state index >= 15 is 0 Å². The van der Waals surface area contributed by atoms with E-state index in [2.05, 4.69) is 26.7 Å². The zero-order chi connectivity index (χ0) is 23.5. The van der Waals surface area contributed by atoms with Gasteiger partial charge >= 0.3 is 0 Å². The molecule has 0 spiro atoms. The standard InChI is InChI=1S/C26H24FN5O2/c27-22-15-30-8-6-24(22)34-23-4-3-16(10-19(23)13-28)17-5-9-31-25(11-17)32-26(33)21-12-20(21)18-2-1-7-29-14-18/h1-5,7,9-11,14,20-22,24,30H,6,8,12,15H2,(H,31,32,33)/t20?,21?,22-,24+/m1/s1. The smallest absolute Gasteiger partial charge is 0.229 e. The van der Waals surface area contributed by atoms with E-state index in [0.717, 1.165) is 23.1 Å². The minimum absolute atomic E-state index is 0.0669. The number of nitriles is 1. The summed E-state index contributed by atoms with van der Waals surface area (Å²) in [6.45, 7) is 0.931. The lowest BCUT2D eigenvalue weighted by atomic mass is 10.0. The van der Waals surface area contributed by atoms with Gasteiger partial charge in [-0.1, -0.05) is 12.1 Å². The molecule has 3 heterocycles. The number of pyridine rings is 2. The molecule has 1 saturated heterocycles. The fourth-order valence-electron chi connectivity index (χ4n) is 4.34. The number of nitrogens with zero attached hydrogens (tertiary/aromatic N) is 3. The molecule has 8 heteroatoms. The SMILES string of the molecule is N#Cc1cc(-c2ccnc(NC(=O)C3CC3c3cccnc3)c2)ccc1O[C@H]1CCNC[C@H]1F. The van der Waals surface area contributed by atoms with Gasteiger partial charge in [-0.2, -0.15) is 5.26 Å². The maximum absolute atomic E-state index is 14.1.